The van der Waals surface area contributed by atoms with Gasteiger partial charge >= 0.3 is 0 Å². The molecule has 0 bridgehead atoms. The van der Waals surface area contributed by atoms with Crippen LogP contribution in [0, 0.1) is 0 Å². The van der Waals surface area contributed by atoms with Crippen molar-refractivity contribution >= 4 is 38.4 Å². The Morgan fingerprint density at radius 3 is 2.69 bits per heavy atom. The first-order valence-corrected chi connectivity index (χ1v) is 14.9. The van der Waals surface area contributed by atoms with Gasteiger partial charge in [-0.05, 0) is 54.3 Å². The van der Waals surface area contributed by atoms with E-state index in [0.717, 1.165) is 48.1 Å². The van der Waals surface area contributed by atoms with Gasteiger partial charge in [-0.1, -0.05) is 12.1 Å². The zero-order valence-corrected chi connectivity index (χ0v) is 22.5. The monoisotopic (exact) mass is 549 g/mol. The Kier molecular flexibility index (Phi) is 6.83. The van der Waals surface area contributed by atoms with Gasteiger partial charge in [-0.3, -0.25) is 9.21 Å². The van der Waals surface area contributed by atoms with E-state index >= 15 is 0 Å². The lowest BCUT2D eigenvalue weighted by atomic mass is 10.1. The Morgan fingerprint density at radius 1 is 1.13 bits per heavy atom. The molecule has 1 aliphatic heterocycles. The van der Waals surface area contributed by atoms with Crippen LogP contribution in [-0.2, 0) is 21.2 Å². The van der Waals surface area contributed by atoms with Gasteiger partial charge in [0.15, 0.2) is 5.65 Å². The summed E-state index contributed by atoms with van der Waals surface area (Å²) >= 11 is 0. The summed E-state index contributed by atoms with van der Waals surface area (Å²) in [7, 11) is -3.44. The number of aromatic hydroxyl groups is 1. The summed E-state index contributed by atoms with van der Waals surface area (Å²) in [6.45, 7) is 3.97. The van der Waals surface area contributed by atoms with Crippen LogP contribution in [0.15, 0.2) is 54.9 Å². The van der Waals surface area contributed by atoms with E-state index in [1.807, 2.05) is 28.9 Å². The largest absolute Gasteiger partial charge is 0.508 e. The van der Waals surface area contributed by atoms with Gasteiger partial charge in [0.25, 0.3) is 0 Å². The second kappa shape index (κ2) is 10.4. The van der Waals surface area contributed by atoms with E-state index < -0.39 is 10.0 Å². The normalized spacial score (nSPS) is 17.8. The zero-order valence-electron chi connectivity index (χ0n) is 21.7. The molecular weight excluding hydrogens is 518 g/mol. The minimum atomic E-state index is -3.44. The third-order valence-corrected chi connectivity index (χ3v) is 8.57. The highest BCUT2D eigenvalue weighted by Crippen LogP contribution is 2.39. The number of phenols is 1. The lowest BCUT2D eigenvalue weighted by molar-refractivity contribution is 0.0395. The van der Waals surface area contributed by atoms with E-state index in [9.17, 15) is 13.5 Å². The molecule has 11 nitrogen and oxygen atoms in total. The van der Waals surface area contributed by atoms with Crippen molar-refractivity contribution in [1.29, 1.82) is 0 Å². The van der Waals surface area contributed by atoms with Gasteiger partial charge in [0.1, 0.15) is 5.75 Å². The van der Waals surface area contributed by atoms with Crippen molar-refractivity contribution in [3.8, 4) is 5.75 Å². The quantitative estimate of drug-likeness (QED) is 0.341. The average Bonchev–Trinajstić information content (AvgIpc) is 3.54. The van der Waals surface area contributed by atoms with Crippen LogP contribution in [0.5, 0.6) is 5.75 Å². The van der Waals surface area contributed by atoms with Crippen molar-refractivity contribution in [3.63, 3.8) is 0 Å². The molecule has 204 valence electrons. The third kappa shape index (κ3) is 5.27. The van der Waals surface area contributed by atoms with Crippen molar-refractivity contribution in [2.45, 2.75) is 18.9 Å². The number of phenolic OH excluding ortho intramolecular Hbond substituents is 1. The molecular formula is C27H31N7O4S. The molecule has 0 saturated carbocycles. The Hall–Kier alpha value is -3.74. The molecule has 1 saturated heterocycles. The Bertz CT molecular complexity index is 1580. The predicted octanol–water partition coefficient (Wildman–Crippen LogP) is 2.91. The standard InChI is InChI=1S/C27H31N7O4S/c1-39(36,37)33(12-11-32-13-15-38-16-14-32)21-7-5-20(6-8-21)30-27-28-17-19-18-29-34(26(19)31-27)24-10-9-23-22(24)3-2-4-25(23)35/h2-8,17-18,24,35H,9-16H2,1H3,(H,28,30,31). The van der Waals surface area contributed by atoms with Crippen LogP contribution in [0.2, 0.25) is 0 Å². The lowest BCUT2D eigenvalue weighted by Crippen LogP contribution is -2.43. The summed E-state index contributed by atoms with van der Waals surface area (Å²) in [6, 6.07) is 12.8. The number of fused-ring (bicyclic) bond motifs is 2. The average molecular weight is 550 g/mol. The van der Waals surface area contributed by atoms with E-state index in [0.29, 0.717) is 49.3 Å². The molecule has 3 heterocycles. The van der Waals surface area contributed by atoms with E-state index in [1.54, 1.807) is 30.6 Å². The smallest absolute Gasteiger partial charge is 0.232 e. The number of nitrogens with zero attached hydrogens (tertiary/aromatic N) is 6. The number of morpholine rings is 1. The fraction of sp³-hybridized carbons (Fsp3) is 0.370. The summed E-state index contributed by atoms with van der Waals surface area (Å²) in [6.07, 6.45) is 6.34. The van der Waals surface area contributed by atoms with Crippen molar-refractivity contribution < 1.29 is 18.3 Å². The number of nitrogens with one attached hydrogen (secondary N) is 1. The molecule has 4 aromatic rings. The number of hydrogen-bond donors (Lipinski definition) is 2. The molecule has 2 aromatic carbocycles. The fourth-order valence-corrected chi connectivity index (χ4v) is 6.29. The van der Waals surface area contributed by atoms with E-state index in [2.05, 4.69) is 20.3 Å². The van der Waals surface area contributed by atoms with Crippen LogP contribution < -0.4 is 9.62 Å². The highest BCUT2D eigenvalue weighted by molar-refractivity contribution is 7.92. The number of ether oxygens (including phenoxy) is 1. The van der Waals surface area contributed by atoms with Crippen molar-refractivity contribution in [3.05, 3.63) is 66.0 Å². The summed E-state index contributed by atoms with van der Waals surface area (Å²) in [4.78, 5) is 11.4. The van der Waals surface area contributed by atoms with E-state index in [-0.39, 0.29) is 6.04 Å². The Balaban J connectivity index is 1.20. The predicted molar refractivity (Wildman–Crippen MR) is 149 cm³/mol. The second-order valence-corrected chi connectivity index (χ2v) is 11.8. The molecule has 12 heteroatoms. The van der Waals surface area contributed by atoms with E-state index in [1.165, 1.54) is 10.6 Å². The molecule has 0 amide bonds. The molecule has 39 heavy (non-hydrogen) atoms. The topological polar surface area (TPSA) is 126 Å². The van der Waals surface area contributed by atoms with E-state index in [4.69, 9.17) is 9.72 Å². The molecule has 2 aromatic heterocycles. The van der Waals surface area contributed by atoms with Crippen LogP contribution in [0.3, 0.4) is 0 Å². The molecule has 2 aliphatic rings. The second-order valence-electron chi connectivity index (χ2n) is 9.92. The first-order chi connectivity index (χ1) is 18.9. The maximum absolute atomic E-state index is 12.5. The van der Waals surface area contributed by atoms with Crippen molar-refractivity contribution in [2.75, 3.05) is 55.3 Å². The lowest BCUT2D eigenvalue weighted by Gasteiger charge is -2.30. The van der Waals surface area contributed by atoms with Crippen molar-refractivity contribution in [2.24, 2.45) is 0 Å². The number of anilines is 3. The molecule has 1 unspecified atom stereocenters. The number of hydrogen-bond acceptors (Lipinski definition) is 9. The zero-order chi connectivity index (χ0) is 27.0. The molecule has 1 aliphatic carbocycles. The molecule has 1 atom stereocenters. The maximum Gasteiger partial charge on any atom is 0.232 e. The van der Waals surface area contributed by atoms with Crippen LogP contribution in [0.25, 0.3) is 11.0 Å². The Labute approximate surface area is 227 Å². The first kappa shape index (κ1) is 25.5. The van der Waals surface area contributed by atoms with Gasteiger partial charge in [-0.15, -0.1) is 0 Å². The summed E-state index contributed by atoms with van der Waals surface area (Å²) in [5.41, 5.74) is 4.08. The van der Waals surface area contributed by atoms with Crippen LogP contribution >= 0.6 is 0 Å². The van der Waals surface area contributed by atoms with Gasteiger partial charge in [-0.25, -0.2) is 18.1 Å². The van der Waals surface area contributed by atoms with Gasteiger partial charge < -0.3 is 15.2 Å². The minimum absolute atomic E-state index is 0.00827. The molecule has 0 spiro atoms. The summed E-state index contributed by atoms with van der Waals surface area (Å²) in [5, 5.41) is 18.9. The summed E-state index contributed by atoms with van der Waals surface area (Å²) in [5.74, 6) is 0.737. The number of rotatable bonds is 8. The number of aromatic nitrogens is 4. The third-order valence-electron chi connectivity index (χ3n) is 7.38. The molecule has 0 radical (unpaired) electrons. The SMILES string of the molecule is CS(=O)(=O)N(CCN1CCOCC1)c1ccc(Nc2ncc3cnn(C4CCc5c(O)cccc54)c3n2)cc1. The van der Waals surface area contributed by atoms with Crippen LogP contribution in [-0.4, -0.2) is 83.8 Å². The maximum atomic E-state index is 12.5. The Morgan fingerprint density at radius 2 is 1.92 bits per heavy atom. The first-order valence-electron chi connectivity index (χ1n) is 13.0. The minimum Gasteiger partial charge on any atom is -0.508 e. The molecule has 6 rings (SSSR count). The van der Waals surface area contributed by atoms with Crippen LogP contribution in [0.4, 0.5) is 17.3 Å². The highest BCUT2D eigenvalue weighted by Gasteiger charge is 2.28. The molecule has 1 fully saturated rings. The van der Waals surface area contributed by atoms with Gasteiger partial charge in [-0.2, -0.15) is 10.1 Å². The fourth-order valence-electron chi connectivity index (χ4n) is 5.37. The number of sulfonamides is 1. The highest BCUT2D eigenvalue weighted by atomic mass is 32.2. The van der Waals surface area contributed by atoms with Crippen LogP contribution in [0.1, 0.15) is 23.6 Å². The van der Waals surface area contributed by atoms with Gasteiger partial charge in [0, 0.05) is 38.1 Å². The molecule has 2 N–H and O–H groups in total. The number of benzene rings is 2. The van der Waals surface area contributed by atoms with Gasteiger partial charge in [0.05, 0.1) is 42.8 Å². The van der Waals surface area contributed by atoms with Crippen molar-refractivity contribution in [1.82, 2.24) is 24.6 Å². The van der Waals surface area contributed by atoms with Gasteiger partial charge in [0.2, 0.25) is 16.0 Å². The summed E-state index contributed by atoms with van der Waals surface area (Å²) < 4.78 is 33.8.